The van der Waals surface area contributed by atoms with E-state index in [-0.39, 0.29) is 0 Å². The molecule has 0 aromatic carbocycles. The number of carbonyl (C=O) groups excluding carboxylic acids is 2. The summed E-state index contributed by atoms with van der Waals surface area (Å²) in [5.74, 6) is -1.26. The van der Waals surface area contributed by atoms with E-state index in [0.717, 1.165) is 18.2 Å². The molecule has 0 unspecified atom stereocenters. The topological polar surface area (TPSA) is 68.3 Å². The van der Waals surface area contributed by atoms with Gasteiger partial charge >= 0.3 is 0 Å². The fourth-order valence-electron chi connectivity index (χ4n) is 0.823. The van der Waals surface area contributed by atoms with Gasteiger partial charge in [-0.15, -0.1) is 0 Å². The molecule has 15 heavy (non-hydrogen) atoms. The van der Waals surface area contributed by atoms with E-state index in [2.05, 4.69) is 47.8 Å². The van der Waals surface area contributed by atoms with Crippen molar-refractivity contribution in [2.75, 3.05) is 0 Å². The number of hydrogen-bond donors (Lipinski definition) is 0. The molecular formula is C7H3Br3O4S. The fourth-order valence-corrected chi connectivity index (χ4v) is 3.25. The molecule has 0 N–H and O–H groups in total. The molecule has 8 heteroatoms. The van der Waals surface area contributed by atoms with Gasteiger partial charge in [0.05, 0.1) is 0 Å². The van der Waals surface area contributed by atoms with Crippen LogP contribution in [0.1, 0.15) is 0 Å². The highest BCUT2D eigenvalue weighted by molar-refractivity contribution is 9.42. The van der Waals surface area contributed by atoms with Crippen LogP contribution in [-0.4, -0.2) is 21.5 Å². The third-order valence-electron chi connectivity index (χ3n) is 1.51. The number of carbonyl (C=O) groups is 2. The van der Waals surface area contributed by atoms with Gasteiger partial charge in [-0.1, -0.05) is 0 Å². The standard InChI is InChI=1S/C7H3Br3O4S/c8-7(9,10)15(13,14)6-3-4(11)1-2-5(6)12/h1-3H. The van der Waals surface area contributed by atoms with E-state index < -0.39 is 27.8 Å². The summed E-state index contributed by atoms with van der Waals surface area (Å²) in [7, 11) is -3.99. The van der Waals surface area contributed by atoms with E-state index in [1.165, 1.54) is 0 Å². The first-order chi connectivity index (χ1) is 6.66. The van der Waals surface area contributed by atoms with Gasteiger partial charge in [-0.3, -0.25) is 9.59 Å². The normalized spacial score (nSPS) is 17.9. The van der Waals surface area contributed by atoms with Gasteiger partial charge in [0.2, 0.25) is 11.3 Å². The summed E-state index contributed by atoms with van der Waals surface area (Å²) in [4.78, 5) is 21.7. The first-order valence-corrected chi connectivity index (χ1v) is 7.32. The molecule has 1 rings (SSSR count). The van der Waals surface area contributed by atoms with Gasteiger partial charge in [-0.05, 0) is 59.9 Å². The maximum absolute atomic E-state index is 11.7. The minimum Gasteiger partial charge on any atom is -0.290 e. The Hall–Kier alpha value is 0.210. The largest absolute Gasteiger partial charge is 0.290 e. The average molecular weight is 423 g/mol. The second-order valence-corrected chi connectivity index (χ2v) is 13.0. The Bertz CT molecular complexity index is 481. The van der Waals surface area contributed by atoms with Gasteiger partial charge in [0, 0.05) is 6.08 Å². The number of allylic oxidation sites excluding steroid dienone is 4. The highest BCUT2D eigenvalue weighted by Crippen LogP contribution is 2.43. The molecule has 0 atom stereocenters. The van der Waals surface area contributed by atoms with Crippen molar-refractivity contribution in [2.45, 2.75) is 1.47 Å². The lowest BCUT2D eigenvalue weighted by Gasteiger charge is -2.15. The van der Waals surface area contributed by atoms with Gasteiger partial charge in [-0.25, -0.2) is 8.42 Å². The summed E-state index contributed by atoms with van der Waals surface area (Å²) in [6.07, 6.45) is 2.73. The monoisotopic (exact) mass is 420 g/mol. The molecule has 0 spiro atoms. The zero-order valence-corrected chi connectivity index (χ0v) is 12.5. The van der Waals surface area contributed by atoms with Crippen LogP contribution in [0.25, 0.3) is 0 Å². The lowest BCUT2D eigenvalue weighted by molar-refractivity contribution is -0.114. The van der Waals surface area contributed by atoms with Gasteiger partial charge in [-0.2, -0.15) is 0 Å². The second-order valence-electron chi connectivity index (χ2n) is 2.56. The Morgan fingerprint density at radius 3 is 2.07 bits per heavy atom. The molecule has 0 amide bonds. The Morgan fingerprint density at radius 1 is 1.07 bits per heavy atom. The van der Waals surface area contributed by atoms with Crippen molar-refractivity contribution in [3.63, 3.8) is 0 Å². The van der Waals surface area contributed by atoms with E-state index in [1.54, 1.807) is 0 Å². The van der Waals surface area contributed by atoms with Crippen LogP contribution in [0.5, 0.6) is 0 Å². The highest BCUT2D eigenvalue weighted by atomic mass is 80.0. The quantitative estimate of drug-likeness (QED) is 0.477. The summed E-state index contributed by atoms with van der Waals surface area (Å²) < 4.78 is 21.8. The molecule has 0 saturated carbocycles. The summed E-state index contributed by atoms with van der Waals surface area (Å²) in [6, 6.07) is 0. The number of halogens is 3. The van der Waals surface area contributed by atoms with Crippen LogP contribution in [0.3, 0.4) is 0 Å². The van der Waals surface area contributed by atoms with Crippen LogP contribution in [0.4, 0.5) is 0 Å². The molecule has 0 radical (unpaired) electrons. The third kappa shape index (κ3) is 2.66. The summed E-state index contributed by atoms with van der Waals surface area (Å²) >= 11 is 8.40. The lowest BCUT2D eigenvalue weighted by atomic mass is 10.2. The molecule has 0 bridgehead atoms. The van der Waals surface area contributed by atoms with Crippen molar-refractivity contribution in [1.82, 2.24) is 0 Å². The molecule has 4 nitrogen and oxygen atoms in total. The third-order valence-corrected chi connectivity index (χ3v) is 6.85. The predicted molar refractivity (Wildman–Crippen MR) is 65.7 cm³/mol. The predicted octanol–water partition coefficient (Wildman–Crippen LogP) is 1.79. The molecule has 1 aliphatic carbocycles. The minimum atomic E-state index is -3.99. The molecule has 0 aromatic rings. The Balaban J connectivity index is 3.32. The van der Waals surface area contributed by atoms with Crippen molar-refractivity contribution in [3.8, 4) is 0 Å². The minimum absolute atomic E-state index is 0.537. The molecule has 0 saturated heterocycles. The van der Waals surface area contributed by atoms with Crippen molar-refractivity contribution in [1.29, 1.82) is 0 Å². The lowest BCUT2D eigenvalue weighted by Crippen LogP contribution is -2.25. The van der Waals surface area contributed by atoms with E-state index in [0.29, 0.717) is 0 Å². The van der Waals surface area contributed by atoms with Gasteiger partial charge in [0.25, 0.3) is 0 Å². The summed E-state index contributed by atoms with van der Waals surface area (Å²) in [5.41, 5.74) is 0. The van der Waals surface area contributed by atoms with Crippen molar-refractivity contribution in [2.24, 2.45) is 0 Å². The molecular weight excluding hydrogens is 420 g/mol. The Morgan fingerprint density at radius 2 is 1.60 bits per heavy atom. The molecule has 0 aliphatic heterocycles. The van der Waals surface area contributed by atoms with E-state index >= 15 is 0 Å². The van der Waals surface area contributed by atoms with Gasteiger partial charge < -0.3 is 0 Å². The van der Waals surface area contributed by atoms with Crippen LogP contribution in [0.15, 0.2) is 23.1 Å². The van der Waals surface area contributed by atoms with E-state index in [4.69, 9.17) is 0 Å². The summed E-state index contributed by atoms with van der Waals surface area (Å²) in [5, 5.41) is 0. The number of ketones is 2. The second kappa shape index (κ2) is 4.23. The number of hydrogen-bond acceptors (Lipinski definition) is 4. The number of rotatable bonds is 1. The first-order valence-electron chi connectivity index (χ1n) is 3.45. The number of alkyl halides is 3. The van der Waals surface area contributed by atoms with Crippen molar-refractivity contribution < 1.29 is 18.0 Å². The average Bonchev–Trinajstić information content (AvgIpc) is 2.07. The fraction of sp³-hybridized carbons (Fsp3) is 0.143. The molecule has 1 aliphatic rings. The van der Waals surface area contributed by atoms with Crippen LogP contribution in [0.2, 0.25) is 0 Å². The van der Waals surface area contributed by atoms with Crippen LogP contribution >= 0.6 is 47.8 Å². The SMILES string of the molecule is O=C1C=CC(=O)C(S(=O)(=O)C(Br)(Br)Br)=C1. The van der Waals surface area contributed by atoms with Crippen molar-refractivity contribution in [3.05, 3.63) is 23.1 Å². The Labute approximate surface area is 111 Å². The van der Waals surface area contributed by atoms with Crippen molar-refractivity contribution >= 4 is 69.2 Å². The smallest absolute Gasteiger partial charge is 0.239 e. The first kappa shape index (κ1) is 13.3. The molecule has 0 aromatic heterocycles. The zero-order chi connectivity index (χ0) is 11.9. The van der Waals surface area contributed by atoms with Crippen LogP contribution in [-0.2, 0) is 19.4 Å². The van der Waals surface area contributed by atoms with Gasteiger partial charge in [0.15, 0.2) is 11.6 Å². The van der Waals surface area contributed by atoms with Crippen LogP contribution < -0.4 is 0 Å². The maximum atomic E-state index is 11.7. The van der Waals surface area contributed by atoms with E-state index in [1.807, 2.05) is 0 Å². The molecule has 0 heterocycles. The molecule has 0 fully saturated rings. The zero-order valence-electron chi connectivity index (χ0n) is 6.91. The summed E-state index contributed by atoms with van der Waals surface area (Å²) in [6.45, 7) is 0. The van der Waals surface area contributed by atoms with Gasteiger partial charge in [0.1, 0.15) is 4.91 Å². The van der Waals surface area contributed by atoms with Crippen LogP contribution in [0, 0.1) is 0 Å². The number of sulfone groups is 1. The Kier molecular flexibility index (Phi) is 3.74. The maximum Gasteiger partial charge on any atom is 0.239 e. The van der Waals surface area contributed by atoms with E-state index in [9.17, 15) is 18.0 Å². The highest BCUT2D eigenvalue weighted by Gasteiger charge is 2.42. The molecule has 82 valence electrons.